The van der Waals surface area contributed by atoms with Crippen molar-refractivity contribution in [2.75, 3.05) is 23.3 Å². The molecule has 6 heteroatoms. The molecule has 0 aliphatic carbocycles. The number of benzene rings is 4. The Morgan fingerprint density at radius 2 is 1.56 bits per heavy atom. The van der Waals surface area contributed by atoms with Gasteiger partial charge < -0.3 is 19.7 Å². The van der Waals surface area contributed by atoms with Crippen LogP contribution in [0.15, 0.2) is 78.9 Å². The first-order valence-corrected chi connectivity index (χ1v) is 15.9. The van der Waals surface area contributed by atoms with Crippen LogP contribution in [-0.2, 0) is 10.3 Å². The third kappa shape index (κ3) is 5.47. The first kappa shape index (κ1) is 29.1. The Balaban J connectivity index is 1.40. The highest BCUT2D eigenvalue weighted by Gasteiger charge is 2.53. The van der Waals surface area contributed by atoms with Crippen LogP contribution in [0.5, 0.6) is 11.5 Å². The smallest absolute Gasteiger partial charge is 0.340 e. The molecule has 43 heavy (non-hydrogen) atoms. The number of hydrogen-bond donors (Lipinski definition) is 1. The molecule has 1 unspecified atom stereocenters. The highest BCUT2D eigenvalue weighted by atomic mass is 35.5. The first-order chi connectivity index (χ1) is 20.9. The normalized spacial score (nSPS) is 16.2. The topological polar surface area (TPSA) is 50.8 Å². The second-order valence-corrected chi connectivity index (χ2v) is 12.0. The molecule has 0 bridgehead atoms. The van der Waals surface area contributed by atoms with Gasteiger partial charge in [-0.25, -0.2) is 4.79 Å². The van der Waals surface area contributed by atoms with E-state index in [9.17, 15) is 4.79 Å². The monoisotopic (exact) mass is 594 g/mol. The summed E-state index contributed by atoms with van der Waals surface area (Å²) in [5, 5.41) is 4.20. The highest BCUT2D eigenvalue weighted by molar-refractivity contribution is 6.30. The van der Waals surface area contributed by atoms with Crippen LogP contribution in [0.25, 0.3) is 0 Å². The molecule has 5 nitrogen and oxygen atoms in total. The van der Waals surface area contributed by atoms with Crippen molar-refractivity contribution in [3.8, 4) is 11.5 Å². The highest BCUT2D eigenvalue weighted by Crippen LogP contribution is 2.57. The van der Waals surface area contributed by atoms with Gasteiger partial charge in [-0.3, -0.25) is 0 Å². The Morgan fingerprint density at radius 3 is 2.35 bits per heavy atom. The van der Waals surface area contributed by atoms with Crippen LogP contribution in [0.3, 0.4) is 0 Å². The average molecular weight is 595 g/mol. The van der Waals surface area contributed by atoms with Gasteiger partial charge in [0.1, 0.15) is 11.5 Å². The second kappa shape index (κ2) is 12.3. The average Bonchev–Trinajstić information content (AvgIpc) is 3.31. The summed E-state index contributed by atoms with van der Waals surface area (Å²) in [4.78, 5) is 15.8. The summed E-state index contributed by atoms with van der Waals surface area (Å²) in [7, 11) is 0. The minimum absolute atomic E-state index is 0.329. The third-order valence-corrected chi connectivity index (χ3v) is 8.95. The van der Waals surface area contributed by atoms with Gasteiger partial charge in [-0.15, -0.1) is 0 Å². The van der Waals surface area contributed by atoms with E-state index in [4.69, 9.17) is 21.1 Å². The molecule has 0 saturated carbocycles. The van der Waals surface area contributed by atoms with E-state index in [-0.39, 0.29) is 5.97 Å². The number of halogens is 1. The molecular formula is C37H39ClN2O3. The van der Waals surface area contributed by atoms with Gasteiger partial charge in [0.05, 0.1) is 5.56 Å². The maximum absolute atomic E-state index is 13.4. The molecule has 0 fully saturated rings. The number of anilines is 3. The molecule has 4 aromatic rings. The van der Waals surface area contributed by atoms with Crippen LogP contribution in [0.1, 0.15) is 85.0 Å². The van der Waals surface area contributed by atoms with Crippen molar-refractivity contribution in [2.45, 2.75) is 64.9 Å². The van der Waals surface area contributed by atoms with Gasteiger partial charge in [-0.1, -0.05) is 68.8 Å². The van der Waals surface area contributed by atoms with Gasteiger partial charge in [0, 0.05) is 57.9 Å². The van der Waals surface area contributed by atoms with Crippen LogP contribution in [-0.4, -0.2) is 19.1 Å². The Kier molecular flexibility index (Phi) is 8.36. The van der Waals surface area contributed by atoms with E-state index in [1.165, 1.54) is 32.1 Å². The number of ether oxygens (including phenoxy) is 2. The summed E-state index contributed by atoms with van der Waals surface area (Å²) in [6.45, 7) is 8.41. The number of fused-ring (bicyclic) bond motifs is 6. The molecule has 0 amide bonds. The number of esters is 1. The van der Waals surface area contributed by atoms with Crippen LogP contribution in [0.2, 0.25) is 5.02 Å². The first-order valence-electron chi connectivity index (χ1n) is 15.5. The Labute approximate surface area is 259 Å². The van der Waals surface area contributed by atoms with Crippen molar-refractivity contribution in [3.05, 3.63) is 112 Å². The van der Waals surface area contributed by atoms with E-state index in [1.807, 2.05) is 54.6 Å². The number of nitrogens with zero attached hydrogens (tertiary/aromatic N) is 1. The zero-order chi connectivity index (χ0) is 30.0. The molecule has 6 rings (SSSR count). The second-order valence-electron chi connectivity index (χ2n) is 11.5. The van der Waals surface area contributed by atoms with Crippen LogP contribution in [0.4, 0.5) is 17.1 Å². The van der Waals surface area contributed by atoms with E-state index in [2.05, 4.69) is 55.3 Å². The lowest BCUT2D eigenvalue weighted by atomic mass is 9.77. The Bertz CT molecular complexity index is 1630. The van der Waals surface area contributed by atoms with E-state index in [1.54, 1.807) is 0 Å². The van der Waals surface area contributed by atoms with Crippen molar-refractivity contribution in [1.29, 1.82) is 0 Å². The van der Waals surface area contributed by atoms with Gasteiger partial charge in [-0.2, -0.15) is 0 Å². The fourth-order valence-corrected chi connectivity index (χ4v) is 6.51. The van der Waals surface area contributed by atoms with E-state index >= 15 is 0 Å². The van der Waals surface area contributed by atoms with Gasteiger partial charge in [-0.05, 0) is 80.4 Å². The molecule has 4 aromatic carbocycles. The molecule has 0 aromatic heterocycles. The molecular weight excluding hydrogens is 556 g/mol. The van der Waals surface area contributed by atoms with Crippen LogP contribution >= 0.6 is 11.6 Å². The molecule has 2 aliphatic heterocycles. The largest absolute Gasteiger partial charge is 0.456 e. The van der Waals surface area contributed by atoms with Crippen molar-refractivity contribution in [2.24, 2.45) is 0 Å². The summed E-state index contributed by atoms with van der Waals surface area (Å²) in [6.07, 6.45) is 7.59. The lowest BCUT2D eigenvalue weighted by Gasteiger charge is -2.38. The molecule has 1 N–H and O–H groups in total. The van der Waals surface area contributed by atoms with Crippen LogP contribution in [0, 0.1) is 6.92 Å². The number of hydrogen-bond acceptors (Lipinski definition) is 5. The van der Waals surface area contributed by atoms with Crippen LogP contribution < -0.4 is 15.0 Å². The summed E-state index contributed by atoms with van der Waals surface area (Å²) < 4.78 is 13.1. The Hall–Kier alpha value is -3.96. The summed E-state index contributed by atoms with van der Waals surface area (Å²) in [5.41, 5.74) is 5.87. The molecule has 1 atom stereocenters. The number of nitrogens with one attached hydrogen (secondary N) is 1. The summed E-state index contributed by atoms with van der Waals surface area (Å²) >= 11 is 6.12. The fraction of sp³-hybridized carbons (Fsp3) is 0.324. The fourth-order valence-electron chi connectivity index (χ4n) is 6.38. The van der Waals surface area contributed by atoms with Crippen molar-refractivity contribution >= 4 is 34.6 Å². The number of carbonyl (C=O) groups excluding carboxylic acids is 1. The summed E-state index contributed by atoms with van der Waals surface area (Å²) in [5.74, 6) is 1.07. The van der Waals surface area contributed by atoms with E-state index in [0.29, 0.717) is 22.1 Å². The number of rotatable bonds is 11. The zero-order valence-corrected chi connectivity index (χ0v) is 26.0. The van der Waals surface area contributed by atoms with Gasteiger partial charge >= 0.3 is 5.97 Å². The SMILES string of the molecule is CCCCCCCCN(CC)c1ccc2c(c1)Oc1cc(C)c(Nc3ccc(Cl)cc3)cc1C21OC(=O)c2ccccc21. The molecule has 2 heterocycles. The zero-order valence-electron chi connectivity index (χ0n) is 25.2. The minimum Gasteiger partial charge on any atom is -0.456 e. The van der Waals surface area contributed by atoms with Gasteiger partial charge in [0.25, 0.3) is 0 Å². The van der Waals surface area contributed by atoms with Gasteiger partial charge in [0.2, 0.25) is 0 Å². The summed E-state index contributed by atoms with van der Waals surface area (Å²) in [6, 6.07) is 25.7. The van der Waals surface area contributed by atoms with Gasteiger partial charge in [0.15, 0.2) is 5.60 Å². The predicted molar refractivity (Wildman–Crippen MR) is 175 cm³/mol. The minimum atomic E-state index is -1.12. The maximum Gasteiger partial charge on any atom is 0.340 e. The molecule has 1 spiro atoms. The number of unbranched alkanes of at least 4 members (excludes halogenated alkanes) is 5. The quantitative estimate of drug-likeness (QED) is 0.138. The van der Waals surface area contributed by atoms with Crippen molar-refractivity contribution < 1.29 is 14.3 Å². The lowest BCUT2D eigenvalue weighted by Crippen LogP contribution is -2.33. The molecule has 2 aliphatic rings. The molecule has 222 valence electrons. The van der Waals surface area contributed by atoms with Crippen molar-refractivity contribution in [3.63, 3.8) is 0 Å². The number of carbonyl (C=O) groups is 1. The van der Waals surface area contributed by atoms with Crippen molar-refractivity contribution in [1.82, 2.24) is 0 Å². The maximum atomic E-state index is 13.4. The standard InChI is InChI=1S/C37H39ClN2O3/c1-4-6-7-8-9-12-21-40(5-2)28-19-20-31-35(23-28)42-34-22-25(3)33(39-27-17-15-26(38)16-18-27)24-32(34)37(31)30-14-11-10-13-29(30)36(41)43-37/h10-11,13-20,22-24,39H,4-9,12,21H2,1-3H3. The lowest BCUT2D eigenvalue weighted by molar-refractivity contribution is 0.0224. The number of aryl methyl sites for hydroxylation is 1. The Morgan fingerprint density at radius 1 is 0.814 bits per heavy atom. The third-order valence-electron chi connectivity index (χ3n) is 8.69. The molecule has 0 saturated heterocycles. The van der Waals surface area contributed by atoms with E-state index < -0.39 is 5.60 Å². The molecule has 0 radical (unpaired) electrons. The van der Waals surface area contributed by atoms with E-state index in [0.717, 1.165) is 58.8 Å². The predicted octanol–water partition coefficient (Wildman–Crippen LogP) is 10.1.